The Bertz CT molecular complexity index is 801. The van der Waals surface area contributed by atoms with Gasteiger partial charge in [0.15, 0.2) is 0 Å². The zero-order valence-corrected chi connectivity index (χ0v) is 13.2. The van der Waals surface area contributed by atoms with Crippen LogP contribution < -0.4 is 10.7 Å². The van der Waals surface area contributed by atoms with E-state index in [-0.39, 0.29) is 18.0 Å². The molecule has 0 saturated carbocycles. The molecule has 2 aromatic rings. The van der Waals surface area contributed by atoms with Gasteiger partial charge >= 0.3 is 0 Å². The third-order valence-corrected chi connectivity index (χ3v) is 3.06. The van der Waals surface area contributed by atoms with E-state index in [1.807, 2.05) is 30.3 Å². The maximum Gasteiger partial charge on any atom is 0.259 e. The van der Waals surface area contributed by atoms with Crippen molar-refractivity contribution < 1.29 is 19.8 Å². The largest absolute Gasteiger partial charge is 0.508 e. The predicted octanol–water partition coefficient (Wildman–Crippen LogP) is 1.38. The van der Waals surface area contributed by atoms with Gasteiger partial charge in [0.25, 0.3) is 5.91 Å². The lowest BCUT2D eigenvalue weighted by Crippen LogP contribution is -2.34. The maximum absolute atomic E-state index is 11.6. The first-order valence-corrected chi connectivity index (χ1v) is 7.39. The number of carbonyl (C=O) groups excluding carboxylic acids is 2. The summed E-state index contributed by atoms with van der Waals surface area (Å²) in [5.74, 6) is -1.17. The Hall–Kier alpha value is -3.61. The number of phenols is 2. The average Bonchev–Trinajstić information content (AvgIpc) is 2.61. The Morgan fingerprint density at radius 1 is 1.08 bits per heavy atom. The van der Waals surface area contributed by atoms with E-state index < -0.39 is 11.8 Å². The molecule has 7 nitrogen and oxygen atoms in total. The van der Waals surface area contributed by atoms with Crippen LogP contribution >= 0.6 is 0 Å². The molecule has 0 heterocycles. The van der Waals surface area contributed by atoms with Crippen LogP contribution in [0.5, 0.6) is 11.5 Å². The summed E-state index contributed by atoms with van der Waals surface area (Å²) in [5.41, 5.74) is 3.42. The molecule has 7 heteroatoms. The van der Waals surface area contributed by atoms with E-state index >= 15 is 0 Å². The van der Waals surface area contributed by atoms with Crippen molar-refractivity contribution in [3.8, 4) is 11.5 Å². The smallest absolute Gasteiger partial charge is 0.259 e. The van der Waals surface area contributed by atoms with Crippen LogP contribution in [0.3, 0.4) is 0 Å². The molecule has 0 aromatic heterocycles. The van der Waals surface area contributed by atoms with Crippen molar-refractivity contribution in [1.29, 1.82) is 0 Å². The second kappa shape index (κ2) is 8.88. The molecule has 0 unspecified atom stereocenters. The molecule has 0 radical (unpaired) electrons. The average molecular weight is 339 g/mol. The van der Waals surface area contributed by atoms with Gasteiger partial charge in [0.05, 0.1) is 12.8 Å². The molecule has 128 valence electrons. The minimum absolute atomic E-state index is 0.0787. The molecule has 2 rings (SSSR count). The van der Waals surface area contributed by atoms with Crippen molar-refractivity contribution in [2.75, 3.05) is 6.54 Å². The summed E-state index contributed by atoms with van der Waals surface area (Å²) in [7, 11) is 0. The van der Waals surface area contributed by atoms with Crippen molar-refractivity contribution in [3.05, 3.63) is 65.7 Å². The molecule has 25 heavy (non-hydrogen) atoms. The molecule has 0 aliphatic carbocycles. The van der Waals surface area contributed by atoms with E-state index in [1.54, 1.807) is 6.08 Å². The SMILES string of the molecule is O=C(C=Cc1ccccc1)NCC(=O)N/N=C/c1ccc(O)cc1O. The summed E-state index contributed by atoms with van der Waals surface area (Å²) >= 11 is 0. The number of hydrogen-bond donors (Lipinski definition) is 4. The molecule has 0 bridgehead atoms. The summed E-state index contributed by atoms with van der Waals surface area (Å²) < 4.78 is 0. The van der Waals surface area contributed by atoms with E-state index in [0.29, 0.717) is 5.56 Å². The Balaban J connectivity index is 1.75. The topological polar surface area (TPSA) is 111 Å². The van der Waals surface area contributed by atoms with Gasteiger partial charge in [-0.25, -0.2) is 5.43 Å². The molecular weight excluding hydrogens is 322 g/mol. The van der Waals surface area contributed by atoms with Crippen molar-refractivity contribution in [2.45, 2.75) is 0 Å². The van der Waals surface area contributed by atoms with Gasteiger partial charge in [-0.3, -0.25) is 9.59 Å². The van der Waals surface area contributed by atoms with Gasteiger partial charge in [0.2, 0.25) is 5.91 Å². The molecule has 0 aliphatic heterocycles. The highest BCUT2D eigenvalue weighted by molar-refractivity contribution is 5.94. The fourth-order valence-electron chi connectivity index (χ4n) is 1.82. The van der Waals surface area contributed by atoms with Crippen LogP contribution in [0.1, 0.15) is 11.1 Å². The Labute approximate surface area is 144 Å². The molecule has 2 aromatic carbocycles. The minimum Gasteiger partial charge on any atom is -0.508 e. The van der Waals surface area contributed by atoms with Gasteiger partial charge in [-0.15, -0.1) is 0 Å². The number of aromatic hydroxyl groups is 2. The first-order chi connectivity index (χ1) is 12.0. The van der Waals surface area contributed by atoms with Gasteiger partial charge in [-0.1, -0.05) is 30.3 Å². The van der Waals surface area contributed by atoms with Gasteiger partial charge in [-0.2, -0.15) is 5.10 Å². The molecule has 0 saturated heterocycles. The van der Waals surface area contributed by atoms with E-state index in [2.05, 4.69) is 15.8 Å². The van der Waals surface area contributed by atoms with E-state index in [9.17, 15) is 14.7 Å². The van der Waals surface area contributed by atoms with Gasteiger partial charge in [-0.05, 0) is 23.8 Å². The second-order valence-electron chi connectivity index (χ2n) is 5.00. The lowest BCUT2D eigenvalue weighted by molar-refractivity contribution is -0.123. The van der Waals surface area contributed by atoms with Crippen LogP contribution in [0.4, 0.5) is 0 Å². The highest BCUT2D eigenvalue weighted by Gasteiger charge is 2.02. The van der Waals surface area contributed by atoms with Gasteiger partial charge < -0.3 is 15.5 Å². The number of hydrazone groups is 1. The second-order valence-corrected chi connectivity index (χ2v) is 5.00. The lowest BCUT2D eigenvalue weighted by atomic mass is 10.2. The lowest BCUT2D eigenvalue weighted by Gasteiger charge is -2.02. The number of amides is 2. The number of hydrogen-bond acceptors (Lipinski definition) is 5. The van der Waals surface area contributed by atoms with E-state index in [1.165, 1.54) is 24.4 Å². The summed E-state index contributed by atoms with van der Waals surface area (Å²) in [6, 6.07) is 13.3. The van der Waals surface area contributed by atoms with Crippen molar-refractivity contribution in [3.63, 3.8) is 0 Å². The van der Waals surface area contributed by atoms with Crippen LogP contribution in [0.15, 0.2) is 59.7 Å². The van der Waals surface area contributed by atoms with Crippen LogP contribution in [0.2, 0.25) is 0 Å². The maximum atomic E-state index is 11.6. The van der Waals surface area contributed by atoms with Crippen LogP contribution in [-0.2, 0) is 9.59 Å². The Morgan fingerprint density at radius 3 is 2.56 bits per heavy atom. The standard InChI is InChI=1S/C18H17N3O4/c22-15-8-7-14(16(23)10-15)11-20-21-18(25)12-19-17(24)9-6-13-4-2-1-3-5-13/h1-11,22-23H,12H2,(H,19,24)(H,21,25)/b9-6?,20-11+. The molecule has 4 N–H and O–H groups in total. The van der Waals surface area contributed by atoms with E-state index in [0.717, 1.165) is 11.6 Å². The number of nitrogens with one attached hydrogen (secondary N) is 2. The third-order valence-electron chi connectivity index (χ3n) is 3.06. The van der Waals surface area contributed by atoms with Crippen molar-refractivity contribution in [2.24, 2.45) is 5.10 Å². The normalized spacial score (nSPS) is 10.9. The summed E-state index contributed by atoms with van der Waals surface area (Å²) in [4.78, 5) is 23.2. The number of benzene rings is 2. The monoisotopic (exact) mass is 339 g/mol. The molecular formula is C18H17N3O4. The number of rotatable bonds is 6. The molecule has 0 spiro atoms. The van der Waals surface area contributed by atoms with E-state index in [4.69, 9.17) is 5.11 Å². The molecule has 0 aliphatic rings. The van der Waals surface area contributed by atoms with Gasteiger partial charge in [0, 0.05) is 17.7 Å². The Morgan fingerprint density at radius 2 is 1.84 bits per heavy atom. The number of phenolic OH excluding ortho intramolecular Hbond substituents is 2. The predicted molar refractivity (Wildman–Crippen MR) is 94.0 cm³/mol. The zero-order valence-electron chi connectivity index (χ0n) is 13.2. The van der Waals surface area contributed by atoms with Crippen LogP contribution in [-0.4, -0.2) is 34.8 Å². The highest BCUT2D eigenvalue weighted by Crippen LogP contribution is 2.20. The highest BCUT2D eigenvalue weighted by atomic mass is 16.3. The minimum atomic E-state index is -0.518. The zero-order chi connectivity index (χ0) is 18.1. The first-order valence-electron chi connectivity index (χ1n) is 7.39. The fraction of sp³-hybridized carbons (Fsp3) is 0.0556. The number of nitrogens with zero attached hydrogens (tertiary/aromatic N) is 1. The first kappa shape index (κ1) is 17.7. The van der Waals surface area contributed by atoms with Crippen LogP contribution in [0, 0.1) is 0 Å². The molecule has 2 amide bonds. The van der Waals surface area contributed by atoms with Crippen molar-refractivity contribution in [1.82, 2.24) is 10.7 Å². The summed E-state index contributed by atoms with van der Waals surface area (Å²) in [6.45, 7) is -0.239. The Kier molecular flexibility index (Phi) is 6.30. The van der Waals surface area contributed by atoms with Gasteiger partial charge in [0.1, 0.15) is 11.5 Å². The summed E-state index contributed by atoms with van der Waals surface area (Å²) in [6.07, 6.45) is 4.20. The van der Waals surface area contributed by atoms with Crippen molar-refractivity contribution >= 4 is 24.1 Å². The molecule has 0 fully saturated rings. The number of carbonyl (C=O) groups is 2. The third kappa shape index (κ3) is 6.19. The van der Waals surface area contributed by atoms with Crippen LogP contribution in [0.25, 0.3) is 6.08 Å². The fourth-order valence-corrected chi connectivity index (χ4v) is 1.82. The molecule has 0 atom stereocenters. The summed E-state index contributed by atoms with van der Waals surface area (Å²) in [5, 5.41) is 24.8. The quantitative estimate of drug-likeness (QED) is 0.362.